The summed E-state index contributed by atoms with van der Waals surface area (Å²) in [5, 5.41) is 3.68. The summed E-state index contributed by atoms with van der Waals surface area (Å²) in [5.74, 6) is 1.01. The largest absolute Gasteiger partial charge is 0.347 e. The molecule has 102 valence electrons. The van der Waals surface area contributed by atoms with Crippen LogP contribution in [0.4, 0.5) is 0 Å². The molecular formula is C15H20BrN3. The van der Waals surface area contributed by atoms with Crippen LogP contribution in [0, 0.1) is 0 Å². The first-order chi connectivity index (χ1) is 9.24. The number of rotatable bonds is 6. The standard InChI is InChI=1S/C15H20BrN3/c1-3-13(11-6-5-7-12(16)10-11)19-14(4-2)15-17-8-9-18-15/h5-10,13-14,19H,3-4H2,1-2H3,(H,17,18). The number of hydrogen-bond donors (Lipinski definition) is 2. The van der Waals surface area contributed by atoms with Gasteiger partial charge in [0, 0.05) is 22.9 Å². The molecule has 0 fully saturated rings. The van der Waals surface area contributed by atoms with Crippen molar-refractivity contribution >= 4 is 15.9 Å². The Morgan fingerprint density at radius 3 is 2.63 bits per heavy atom. The van der Waals surface area contributed by atoms with Gasteiger partial charge in [-0.3, -0.25) is 0 Å². The summed E-state index contributed by atoms with van der Waals surface area (Å²) >= 11 is 3.54. The Morgan fingerprint density at radius 1 is 1.26 bits per heavy atom. The zero-order valence-electron chi connectivity index (χ0n) is 11.4. The summed E-state index contributed by atoms with van der Waals surface area (Å²) in [5.41, 5.74) is 1.31. The molecule has 2 N–H and O–H groups in total. The number of aromatic nitrogens is 2. The van der Waals surface area contributed by atoms with Gasteiger partial charge in [0.05, 0.1) is 6.04 Å². The lowest BCUT2D eigenvalue weighted by atomic mass is 10.0. The maximum absolute atomic E-state index is 4.36. The molecule has 0 amide bonds. The quantitative estimate of drug-likeness (QED) is 0.829. The van der Waals surface area contributed by atoms with Crippen molar-refractivity contribution in [3.05, 3.63) is 52.5 Å². The zero-order valence-corrected chi connectivity index (χ0v) is 12.9. The lowest BCUT2D eigenvalue weighted by Gasteiger charge is -2.23. The number of hydrogen-bond acceptors (Lipinski definition) is 2. The van der Waals surface area contributed by atoms with E-state index in [0.717, 1.165) is 23.1 Å². The molecule has 2 aromatic rings. The molecule has 0 aliphatic carbocycles. The van der Waals surface area contributed by atoms with Gasteiger partial charge in [0.2, 0.25) is 0 Å². The molecule has 0 aliphatic rings. The van der Waals surface area contributed by atoms with Crippen molar-refractivity contribution in [3.8, 4) is 0 Å². The highest BCUT2D eigenvalue weighted by molar-refractivity contribution is 9.10. The molecule has 2 atom stereocenters. The van der Waals surface area contributed by atoms with Crippen molar-refractivity contribution in [1.29, 1.82) is 0 Å². The fourth-order valence-electron chi connectivity index (χ4n) is 2.27. The smallest absolute Gasteiger partial charge is 0.123 e. The van der Waals surface area contributed by atoms with E-state index < -0.39 is 0 Å². The van der Waals surface area contributed by atoms with Crippen LogP contribution in [0.15, 0.2) is 41.1 Å². The van der Waals surface area contributed by atoms with Gasteiger partial charge in [0.25, 0.3) is 0 Å². The number of halogens is 1. The van der Waals surface area contributed by atoms with Gasteiger partial charge in [-0.25, -0.2) is 4.98 Å². The first-order valence-electron chi connectivity index (χ1n) is 6.75. The second kappa shape index (κ2) is 6.87. The van der Waals surface area contributed by atoms with Crippen LogP contribution >= 0.6 is 15.9 Å². The average molecular weight is 322 g/mol. The highest BCUT2D eigenvalue weighted by Crippen LogP contribution is 2.24. The molecule has 0 bridgehead atoms. The Labute approximate surface area is 123 Å². The van der Waals surface area contributed by atoms with Gasteiger partial charge >= 0.3 is 0 Å². The Morgan fingerprint density at radius 2 is 2.05 bits per heavy atom. The van der Waals surface area contributed by atoms with Crippen LogP contribution in [0.5, 0.6) is 0 Å². The maximum atomic E-state index is 4.36. The summed E-state index contributed by atoms with van der Waals surface area (Å²) in [6, 6.07) is 9.08. The molecule has 2 unspecified atom stereocenters. The maximum Gasteiger partial charge on any atom is 0.123 e. The Hall–Kier alpha value is -1.13. The highest BCUT2D eigenvalue weighted by Gasteiger charge is 2.17. The van der Waals surface area contributed by atoms with E-state index in [4.69, 9.17) is 0 Å². The topological polar surface area (TPSA) is 40.7 Å². The highest BCUT2D eigenvalue weighted by atomic mass is 79.9. The van der Waals surface area contributed by atoms with Crippen molar-refractivity contribution in [2.45, 2.75) is 38.8 Å². The number of benzene rings is 1. The molecule has 1 aromatic carbocycles. The predicted octanol–water partition coefficient (Wildman–Crippen LogP) is 4.36. The minimum Gasteiger partial charge on any atom is -0.347 e. The summed E-state index contributed by atoms with van der Waals surface area (Å²) in [6.45, 7) is 4.38. The van der Waals surface area contributed by atoms with E-state index in [9.17, 15) is 0 Å². The van der Waals surface area contributed by atoms with Crippen molar-refractivity contribution in [2.24, 2.45) is 0 Å². The van der Waals surface area contributed by atoms with Crippen LogP contribution in [-0.4, -0.2) is 9.97 Å². The first kappa shape index (κ1) is 14.3. The molecule has 0 spiro atoms. The van der Waals surface area contributed by atoms with E-state index in [2.05, 4.69) is 69.3 Å². The van der Waals surface area contributed by atoms with E-state index in [0.29, 0.717) is 6.04 Å². The lowest BCUT2D eigenvalue weighted by Crippen LogP contribution is -2.26. The van der Waals surface area contributed by atoms with E-state index in [-0.39, 0.29) is 6.04 Å². The third-order valence-corrected chi connectivity index (χ3v) is 3.81. The van der Waals surface area contributed by atoms with Crippen molar-refractivity contribution in [1.82, 2.24) is 15.3 Å². The number of nitrogens with zero attached hydrogens (tertiary/aromatic N) is 1. The van der Waals surface area contributed by atoms with E-state index in [1.807, 2.05) is 6.20 Å². The zero-order chi connectivity index (χ0) is 13.7. The second-order valence-corrected chi connectivity index (χ2v) is 5.53. The third kappa shape index (κ3) is 3.67. The molecule has 1 aromatic heterocycles. The summed E-state index contributed by atoms with van der Waals surface area (Å²) in [6.07, 6.45) is 5.74. The molecule has 0 radical (unpaired) electrons. The molecular weight excluding hydrogens is 302 g/mol. The van der Waals surface area contributed by atoms with E-state index >= 15 is 0 Å². The van der Waals surface area contributed by atoms with Crippen LogP contribution in [-0.2, 0) is 0 Å². The minimum absolute atomic E-state index is 0.263. The van der Waals surface area contributed by atoms with Gasteiger partial charge in [0.15, 0.2) is 0 Å². The molecule has 0 saturated carbocycles. The van der Waals surface area contributed by atoms with Crippen molar-refractivity contribution in [3.63, 3.8) is 0 Å². The van der Waals surface area contributed by atoms with Gasteiger partial charge in [-0.05, 0) is 30.5 Å². The average Bonchev–Trinajstić information content (AvgIpc) is 2.94. The first-order valence-corrected chi connectivity index (χ1v) is 7.54. The Balaban J connectivity index is 2.14. The van der Waals surface area contributed by atoms with Crippen molar-refractivity contribution < 1.29 is 0 Å². The van der Waals surface area contributed by atoms with Crippen molar-refractivity contribution in [2.75, 3.05) is 0 Å². The number of nitrogens with one attached hydrogen (secondary N) is 2. The lowest BCUT2D eigenvalue weighted by molar-refractivity contribution is 0.413. The molecule has 0 saturated heterocycles. The third-order valence-electron chi connectivity index (χ3n) is 3.32. The number of aromatic amines is 1. The van der Waals surface area contributed by atoms with Crippen LogP contribution in [0.2, 0.25) is 0 Å². The van der Waals surface area contributed by atoms with E-state index in [1.54, 1.807) is 6.20 Å². The molecule has 0 aliphatic heterocycles. The molecule has 2 rings (SSSR count). The van der Waals surface area contributed by atoms with Gasteiger partial charge < -0.3 is 10.3 Å². The van der Waals surface area contributed by atoms with Gasteiger partial charge in [-0.15, -0.1) is 0 Å². The van der Waals surface area contributed by atoms with Gasteiger partial charge in [0.1, 0.15) is 5.82 Å². The van der Waals surface area contributed by atoms with Crippen LogP contribution in [0.3, 0.4) is 0 Å². The summed E-state index contributed by atoms with van der Waals surface area (Å²) in [4.78, 5) is 7.56. The van der Waals surface area contributed by atoms with E-state index in [1.165, 1.54) is 5.56 Å². The Kier molecular flexibility index (Phi) is 5.16. The number of imidazole rings is 1. The van der Waals surface area contributed by atoms with Gasteiger partial charge in [-0.2, -0.15) is 0 Å². The SMILES string of the molecule is CCC(NC(CC)c1ncc[nH]1)c1cccc(Br)c1. The monoisotopic (exact) mass is 321 g/mol. The van der Waals surface area contributed by atoms with Crippen LogP contribution < -0.4 is 5.32 Å². The summed E-state index contributed by atoms with van der Waals surface area (Å²) in [7, 11) is 0. The number of H-pyrrole nitrogens is 1. The minimum atomic E-state index is 0.263. The second-order valence-electron chi connectivity index (χ2n) is 4.62. The molecule has 4 heteroatoms. The normalized spacial score (nSPS) is 14.3. The fraction of sp³-hybridized carbons (Fsp3) is 0.400. The van der Waals surface area contributed by atoms with Crippen LogP contribution in [0.1, 0.15) is 50.2 Å². The Bertz CT molecular complexity index is 496. The molecule has 1 heterocycles. The van der Waals surface area contributed by atoms with Gasteiger partial charge in [-0.1, -0.05) is 41.9 Å². The van der Waals surface area contributed by atoms with Crippen LogP contribution in [0.25, 0.3) is 0 Å². The fourth-order valence-corrected chi connectivity index (χ4v) is 2.69. The summed E-state index contributed by atoms with van der Waals surface area (Å²) < 4.78 is 1.12. The predicted molar refractivity (Wildman–Crippen MR) is 81.9 cm³/mol. The molecule has 3 nitrogen and oxygen atoms in total. The molecule has 19 heavy (non-hydrogen) atoms.